The van der Waals surface area contributed by atoms with Crippen LogP contribution in [0.15, 0.2) is 54.6 Å². The number of nitrogens with zero attached hydrogens (tertiary/aromatic N) is 1. The summed E-state index contributed by atoms with van der Waals surface area (Å²) in [6.45, 7) is 6.51. The first-order chi connectivity index (χ1) is 14.2. The average Bonchev–Trinajstić information content (AvgIpc) is 3.46. The van der Waals surface area contributed by atoms with Crippen LogP contribution in [0.2, 0.25) is 0 Å². The van der Waals surface area contributed by atoms with Crippen molar-refractivity contribution in [1.29, 1.82) is 0 Å². The Balaban J connectivity index is 1.22. The molecule has 1 heterocycles. The van der Waals surface area contributed by atoms with Gasteiger partial charge in [-0.2, -0.15) is 0 Å². The zero-order valence-corrected chi connectivity index (χ0v) is 17.4. The van der Waals surface area contributed by atoms with Crippen LogP contribution in [0.5, 0.6) is 5.75 Å². The number of hydrogen-bond donors (Lipinski definition) is 1. The summed E-state index contributed by atoms with van der Waals surface area (Å²) >= 11 is 0. The van der Waals surface area contributed by atoms with E-state index < -0.39 is 0 Å². The molecular weight excluding hydrogens is 360 g/mol. The minimum absolute atomic E-state index is 0.219. The van der Waals surface area contributed by atoms with Gasteiger partial charge in [0.15, 0.2) is 0 Å². The molecule has 0 aromatic heterocycles. The molecule has 1 spiro atoms. The van der Waals surface area contributed by atoms with Crippen LogP contribution in [0, 0.1) is 11.3 Å². The van der Waals surface area contributed by atoms with Crippen LogP contribution in [0.4, 0.5) is 0 Å². The van der Waals surface area contributed by atoms with Gasteiger partial charge in [0.1, 0.15) is 5.75 Å². The Bertz CT molecular complexity index is 813. The largest absolute Gasteiger partial charge is 0.494 e. The summed E-state index contributed by atoms with van der Waals surface area (Å²) in [5, 5.41) is 3.17. The number of ether oxygens (including phenoxy) is 1. The molecule has 1 saturated carbocycles. The van der Waals surface area contributed by atoms with Gasteiger partial charge in [-0.1, -0.05) is 48.5 Å². The van der Waals surface area contributed by atoms with E-state index in [1.165, 1.54) is 11.1 Å². The lowest BCUT2D eigenvalue weighted by Crippen LogP contribution is -2.37. The van der Waals surface area contributed by atoms with Gasteiger partial charge in [0.05, 0.1) is 6.61 Å². The predicted octanol–water partition coefficient (Wildman–Crippen LogP) is 4.05. The minimum atomic E-state index is 0.219. The number of carbonyl (C=O) groups is 1. The third-order valence-corrected chi connectivity index (χ3v) is 6.58. The fourth-order valence-electron chi connectivity index (χ4n) is 4.70. The van der Waals surface area contributed by atoms with E-state index in [4.69, 9.17) is 4.74 Å². The molecule has 0 radical (unpaired) electrons. The van der Waals surface area contributed by atoms with Crippen molar-refractivity contribution < 1.29 is 9.53 Å². The molecule has 2 aromatic carbocycles. The molecule has 29 heavy (non-hydrogen) atoms. The van der Waals surface area contributed by atoms with Gasteiger partial charge in [-0.15, -0.1) is 0 Å². The Hall–Kier alpha value is -2.33. The number of piperidine rings is 1. The fraction of sp³-hybridized carbons (Fsp3) is 0.480. The molecule has 4 rings (SSSR count). The molecule has 1 aliphatic carbocycles. The lowest BCUT2D eigenvalue weighted by Gasteiger charge is -2.33. The predicted molar refractivity (Wildman–Crippen MR) is 116 cm³/mol. The highest BCUT2D eigenvalue weighted by Crippen LogP contribution is 2.59. The van der Waals surface area contributed by atoms with Crippen molar-refractivity contribution in [2.24, 2.45) is 11.3 Å². The van der Waals surface area contributed by atoms with Crippen LogP contribution < -0.4 is 10.1 Å². The van der Waals surface area contributed by atoms with Crippen molar-refractivity contribution in [2.45, 2.75) is 39.2 Å². The van der Waals surface area contributed by atoms with Crippen molar-refractivity contribution in [3.63, 3.8) is 0 Å². The molecule has 1 atom stereocenters. The minimum Gasteiger partial charge on any atom is -0.494 e. The van der Waals surface area contributed by atoms with E-state index in [0.717, 1.165) is 57.6 Å². The van der Waals surface area contributed by atoms with Gasteiger partial charge in [-0.05, 0) is 62.7 Å². The van der Waals surface area contributed by atoms with Crippen molar-refractivity contribution in [3.8, 4) is 5.75 Å². The van der Waals surface area contributed by atoms with E-state index in [0.29, 0.717) is 6.61 Å². The van der Waals surface area contributed by atoms with E-state index >= 15 is 0 Å². The second-order valence-electron chi connectivity index (χ2n) is 8.46. The Kier molecular flexibility index (Phi) is 6.19. The summed E-state index contributed by atoms with van der Waals surface area (Å²) in [5.74, 6) is 1.48. The highest BCUT2D eigenvalue weighted by atomic mass is 16.5. The molecule has 4 nitrogen and oxygen atoms in total. The van der Waals surface area contributed by atoms with Gasteiger partial charge in [0.25, 0.3) is 0 Å². The van der Waals surface area contributed by atoms with Crippen molar-refractivity contribution >= 4 is 5.91 Å². The molecule has 1 aliphatic heterocycles. The molecule has 1 N–H and O–H groups in total. The Labute approximate surface area is 174 Å². The summed E-state index contributed by atoms with van der Waals surface area (Å²) < 4.78 is 5.77. The molecule has 1 amide bonds. The van der Waals surface area contributed by atoms with Gasteiger partial charge in [-0.3, -0.25) is 9.69 Å². The smallest absolute Gasteiger partial charge is 0.223 e. The number of likely N-dealkylation sites (tertiary alicyclic amines) is 1. The zero-order valence-electron chi connectivity index (χ0n) is 17.4. The number of benzene rings is 2. The normalized spacial score (nSPS) is 20.4. The standard InChI is InChI=1S/C25H32N2O2/c1-2-29-23-11-7-6-10-21(23)19-27-16-13-25(14-17-27)18-22(25)24(28)26-15-12-20-8-4-3-5-9-20/h3-11,22H,2,12-19H2,1H3,(H,26,28). The van der Waals surface area contributed by atoms with Gasteiger partial charge in [0.2, 0.25) is 5.91 Å². The van der Waals surface area contributed by atoms with Gasteiger partial charge < -0.3 is 10.1 Å². The van der Waals surface area contributed by atoms with E-state index in [9.17, 15) is 4.79 Å². The third-order valence-electron chi connectivity index (χ3n) is 6.58. The SMILES string of the molecule is CCOc1ccccc1CN1CCC2(CC1)CC2C(=O)NCCc1ccccc1. The molecule has 1 saturated heterocycles. The Morgan fingerprint density at radius 2 is 1.83 bits per heavy atom. The van der Waals surface area contributed by atoms with Gasteiger partial charge >= 0.3 is 0 Å². The summed E-state index contributed by atoms with van der Waals surface area (Å²) in [4.78, 5) is 15.1. The summed E-state index contributed by atoms with van der Waals surface area (Å²) in [5.41, 5.74) is 2.79. The van der Waals surface area contributed by atoms with Crippen molar-refractivity contribution in [2.75, 3.05) is 26.2 Å². The maximum absolute atomic E-state index is 12.6. The van der Waals surface area contributed by atoms with E-state index in [2.05, 4.69) is 40.5 Å². The highest BCUT2D eigenvalue weighted by molar-refractivity contribution is 5.82. The lowest BCUT2D eigenvalue weighted by atomic mass is 9.90. The highest BCUT2D eigenvalue weighted by Gasteiger charge is 2.58. The topological polar surface area (TPSA) is 41.6 Å². The maximum atomic E-state index is 12.6. The van der Waals surface area contributed by atoms with E-state index in [1.54, 1.807) is 0 Å². The Morgan fingerprint density at radius 3 is 2.59 bits per heavy atom. The molecule has 4 heteroatoms. The molecule has 2 fully saturated rings. The first-order valence-electron chi connectivity index (χ1n) is 10.9. The van der Waals surface area contributed by atoms with Crippen LogP contribution in [0.25, 0.3) is 0 Å². The van der Waals surface area contributed by atoms with Crippen LogP contribution in [-0.2, 0) is 17.8 Å². The quantitative estimate of drug-likeness (QED) is 0.737. The first kappa shape index (κ1) is 20.0. The summed E-state index contributed by atoms with van der Waals surface area (Å²) in [6, 6.07) is 18.7. The molecule has 2 aromatic rings. The number of nitrogens with one attached hydrogen (secondary N) is 1. The second-order valence-corrected chi connectivity index (χ2v) is 8.46. The molecule has 2 aliphatic rings. The van der Waals surface area contributed by atoms with Crippen LogP contribution >= 0.6 is 0 Å². The number of amides is 1. The second kappa shape index (κ2) is 9.00. The fourth-order valence-corrected chi connectivity index (χ4v) is 4.70. The molecule has 1 unspecified atom stereocenters. The first-order valence-corrected chi connectivity index (χ1v) is 10.9. The Morgan fingerprint density at radius 1 is 1.10 bits per heavy atom. The van der Waals surface area contributed by atoms with Crippen LogP contribution in [0.3, 0.4) is 0 Å². The number of carbonyl (C=O) groups excluding carboxylic acids is 1. The zero-order chi connectivity index (χ0) is 20.1. The van der Waals surface area contributed by atoms with Crippen molar-refractivity contribution in [3.05, 3.63) is 65.7 Å². The molecule has 154 valence electrons. The van der Waals surface area contributed by atoms with Crippen LogP contribution in [-0.4, -0.2) is 37.0 Å². The molecular formula is C25H32N2O2. The van der Waals surface area contributed by atoms with Gasteiger partial charge in [-0.25, -0.2) is 0 Å². The monoisotopic (exact) mass is 392 g/mol. The summed E-state index contributed by atoms with van der Waals surface area (Å²) in [7, 11) is 0. The maximum Gasteiger partial charge on any atom is 0.223 e. The van der Waals surface area contributed by atoms with E-state index in [1.807, 2.05) is 31.2 Å². The molecule has 0 bridgehead atoms. The number of para-hydroxylation sites is 1. The average molecular weight is 393 g/mol. The third kappa shape index (κ3) is 4.81. The summed E-state index contributed by atoms with van der Waals surface area (Å²) in [6.07, 6.45) is 4.22. The number of rotatable bonds is 8. The van der Waals surface area contributed by atoms with Crippen LogP contribution in [0.1, 0.15) is 37.3 Å². The number of hydrogen-bond acceptors (Lipinski definition) is 3. The van der Waals surface area contributed by atoms with E-state index in [-0.39, 0.29) is 17.2 Å². The van der Waals surface area contributed by atoms with Gasteiger partial charge in [0, 0.05) is 24.6 Å². The lowest BCUT2D eigenvalue weighted by molar-refractivity contribution is -0.123. The van der Waals surface area contributed by atoms with Crippen molar-refractivity contribution in [1.82, 2.24) is 10.2 Å².